The van der Waals surface area contributed by atoms with Crippen molar-refractivity contribution in [2.75, 3.05) is 0 Å². The predicted octanol–water partition coefficient (Wildman–Crippen LogP) is 3.85. The molecule has 100 valence electrons. The largest absolute Gasteiger partial charge is 0.361 e. The summed E-state index contributed by atoms with van der Waals surface area (Å²) in [6.45, 7) is 4.23. The molecule has 1 aliphatic carbocycles. The second-order valence-corrected chi connectivity index (χ2v) is 6.70. The van der Waals surface area contributed by atoms with Crippen LogP contribution in [0.25, 0.3) is 0 Å². The van der Waals surface area contributed by atoms with Crippen molar-refractivity contribution in [1.82, 2.24) is 10.6 Å². The van der Waals surface area contributed by atoms with Crippen molar-refractivity contribution in [1.29, 1.82) is 0 Å². The van der Waals surface area contributed by atoms with Crippen LogP contribution < -0.4 is 10.6 Å². The van der Waals surface area contributed by atoms with Gasteiger partial charge in [0.05, 0.1) is 6.04 Å². The third-order valence-corrected chi connectivity index (χ3v) is 4.62. The zero-order chi connectivity index (χ0) is 13.0. The number of thiophene rings is 1. The maximum absolute atomic E-state index is 5.40. The summed E-state index contributed by atoms with van der Waals surface area (Å²) >= 11 is 7.23. The summed E-state index contributed by atoms with van der Waals surface area (Å²) in [6, 6.07) is 5.13. The average Bonchev–Trinajstić information content (AvgIpc) is 2.98. The van der Waals surface area contributed by atoms with Gasteiger partial charge in [-0.1, -0.05) is 18.9 Å². The number of hydrogen-bond acceptors (Lipinski definition) is 2. The van der Waals surface area contributed by atoms with Gasteiger partial charge in [0.15, 0.2) is 5.11 Å². The Hall–Kier alpha value is -0.610. The van der Waals surface area contributed by atoms with Gasteiger partial charge in [0.1, 0.15) is 0 Å². The first-order valence-electron chi connectivity index (χ1n) is 6.77. The summed E-state index contributed by atoms with van der Waals surface area (Å²) in [4.78, 5) is 1.41. The van der Waals surface area contributed by atoms with E-state index in [1.807, 2.05) is 11.3 Å². The van der Waals surface area contributed by atoms with E-state index in [4.69, 9.17) is 12.2 Å². The van der Waals surface area contributed by atoms with Gasteiger partial charge in [-0.05, 0) is 56.3 Å². The smallest absolute Gasteiger partial charge is 0.167 e. The molecule has 1 atom stereocenters. The second-order valence-electron chi connectivity index (χ2n) is 5.31. The van der Waals surface area contributed by atoms with E-state index in [0.717, 1.165) is 11.0 Å². The van der Waals surface area contributed by atoms with Gasteiger partial charge in [-0.2, -0.15) is 0 Å². The molecule has 0 bridgehead atoms. The predicted molar refractivity (Wildman–Crippen MR) is 83.0 cm³/mol. The topological polar surface area (TPSA) is 24.1 Å². The van der Waals surface area contributed by atoms with Crippen molar-refractivity contribution in [2.24, 2.45) is 5.92 Å². The first kappa shape index (κ1) is 13.8. The van der Waals surface area contributed by atoms with Crippen LogP contribution in [-0.2, 0) is 0 Å². The Morgan fingerprint density at radius 1 is 1.33 bits per heavy atom. The van der Waals surface area contributed by atoms with Gasteiger partial charge in [-0.25, -0.2) is 0 Å². The monoisotopic (exact) mass is 282 g/mol. The van der Waals surface area contributed by atoms with Gasteiger partial charge in [-0.3, -0.25) is 0 Å². The molecule has 2 N–H and O–H groups in total. The van der Waals surface area contributed by atoms with Gasteiger partial charge < -0.3 is 10.6 Å². The molecule has 0 saturated heterocycles. The lowest BCUT2D eigenvalue weighted by atomic mass is 9.97. The molecule has 1 saturated carbocycles. The molecule has 0 aromatic carbocycles. The van der Waals surface area contributed by atoms with Crippen molar-refractivity contribution < 1.29 is 0 Å². The zero-order valence-electron chi connectivity index (χ0n) is 11.1. The molecule has 4 heteroatoms. The lowest BCUT2D eigenvalue weighted by Gasteiger charge is -2.26. The standard InChI is InChI=1S/C14H22N2S2/c1-10(2)15-14(17)16-13(11-6-3-4-7-11)12-8-5-9-18-12/h5,8-11,13H,3-4,6-7H2,1-2H3,(H2,15,16,17)/t13-/m1/s1. The molecule has 1 fully saturated rings. The first-order valence-corrected chi connectivity index (χ1v) is 8.06. The molecule has 1 aromatic heterocycles. The van der Waals surface area contributed by atoms with Gasteiger partial charge in [0.2, 0.25) is 0 Å². The lowest BCUT2D eigenvalue weighted by molar-refractivity contribution is 0.415. The van der Waals surface area contributed by atoms with Gasteiger partial charge in [0.25, 0.3) is 0 Å². The summed E-state index contributed by atoms with van der Waals surface area (Å²) in [6.07, 6.45) is 5.36. The Balaban J connectivity index is 2.03. The average molecular weight is 282 g/mol. The van der Waals surface area contributed by atoms with Crippen molar-refractivity contribution in [3.8, 4) is 0 Å². The minimum absolute atomic E-state index is 0.387. The van der Waals surface area contributed by atoms with E-state index >= 15 is 0 Å². The van der Waals surface area contributed by atoms with Crippen LogP contribution in [0, 0.1) is 5.92 Å². The Bertz CT molecular complexity index is 367. The van der Waals surface area contributed by atoms with E-state index < -0.39 is 0 Å². The van der Waals surface area contributed by atoms with E-state index in [2.05, 4.69) is 42.0 Å². The van der Waals surface area contributed by atoms with E-state index in [0.29, 0.717) is 12.1 Å². The molecule has 18 heavy (non-hydrogen) atoms. The van der Waals surface area contributed by atoms with E-state index in [1.165, 1.54) is 30.6 Å². The molecule has 1 aromatic rings. The van der Waals surface area contributed by atoms with E-state index in [-0.39, 0.29) is 0 Å². The maximum Gasteiger partial charge on any atom is 0.167 e. The molecule has 0 unspecified atom stereocenters. The van der Waals surface area contributed by atoms with Crippen molar-refractivity contribution in [2.45, 2.75) is 51.6 Å². The molecular formula is C14H22N2S2. The minimum atomic E-state index is 0.387. The Morgan fingerprint density at radius 3 is 2.61 bits per heavy atom. The van der Waals surface area contributed by atoms with Crippen molar-refractivity contribution >= 4 is 28.7 Å². The van der Waals surface area contributed by atoms with Crippen LogP contribution in [-0.4, -0.2) is 11.2 Å². The zero-order valence-corrected chi connectivity index (χ0v) is 12.7. The van der Waals surface area contributed by atoms with E-state index in [9.17, 15) is 0 Å². The fourth-order valence-electron chi connectivity index (χ4n) is 2.63. The van der Waals surface area contributed by atoms with Gasteiger partial charge >= 0.3 is 0 Å². The molecule has 0 amide bonds. The Kier molecular flexibility index (Phi) is 5.01. The number of nitrogens with one attached hydrogen (secondary N) is 2. The normalized spacial score (nSPS) is 17.9. The SMILES string of the molecule is CC(C)NC(=S)N[C@@H](c1cccs1)C1CCCC1. The van der Waals surface area contributed by atoms with Crippen LogP contribution in [0.5, 0.6) is 0 Å². The highest BCUT2D eigenvalue weighted by molar-refractivity contribution is 7.80. The molecule has 1 heterocycles. The Morgan fingerprint density at radius 2 is 2.06 bits per heavy atom. The quantitative estimate of drug-likeness (QED) is 0.820. The maximum atomic E-state index is 5.40. The lowest BCUT2D eigenvalue weighted by Crippen LogP contribution is -2.42. The Labute approximate surface area is 119 Å². The summed E-state index contributed by atoms with van der Waals surface area (Å²) in [5.41, 5.74) is 0. The minimum Gasteiger partial charge on any atom is -0.361 e. The van der Waals surface area contributed by atoms with Crippen LogP contribution in [0.1, 0.15) is 50.4 Å². The summed E-state index contributed by atoms with van der Waals surface area (Å²) in [7, 11) is 0. The molecule has 0 spiro atoms. The van der Waals surface area contributed by atoms with Crippen LogP contribution in [0.4, 0.5) is 0 Å². The highest BCUT2D eigenvalue weighted by atomic mass is 32.1. The number of hydrogen-bond donors (Lipinski definition) is 2. The molecule has 0 aliphatic heterocycles. The third kappa shape index (κ3) is 3.69. The molecule has 2 nitrogen and oxygen atoms in total. The highest BCUT2D eigenvalue weighted by Gasteiger charge is 2.27. The fourth-order valence-corrected chi connectivity index (χ4v) is 3.86. The highest BCUT2D eigenvalue weighted by Crippen LogP contribution is 2.37. The van der Waals surface area contributed by atoms with E-state index in [1.54, 1.807) is 0 Å². The van der Waals surface area contributed by atoms with Crippen LogP contribution in [0.3, 0.4) is 0 Å². The molecule has 0 radical (unpaired) electrons. The summed E-state index contributed by atoms with van der Waals surface area (Å²) < 4.78 is 0. The van der Waals surface area contributed by atoms with Gasteiger partial charge in [0, 0.05) is 10.9 Å². The molecule has 1 aliphatic rings. The number of thiocarbonyl (C=S) groups is 1. The second kappa shape index (κ2) is 6.53. The van der Waals surface area contributed by atoms with Crippen LogP contribution in [0.2, 0.25) is 0 Å². The number of rotatable bonds is 4. The molecular weight excluding hydrogens is 260 g/mol. The van der Waals surface area contributed by atoms with Gasteiger partial charge in [-0.15, -0.1) is 11.3 Å². The van der Waals surface area contributed by atoms with Crippen LogP contribution in [0.15, 0.2) is 17.5 Å². The van der Waals surface area contributed by atoms with Crippen LogP contribution >= 0.6 is 23.6 Å². The summed E-state index contributed by atoms with van der Waals surface area (Å²) in [5.74, 6) is 0.732. The van der Waals surface area contributed by atoms with Crippen molar-refractivity contribution in [3.63, 3.8) is 0 Å². The third-order valence-electron chi connectivity index (χ3n) is 3.43. The molecule has 2 rings (SSSR count). The van der Waals surface area contributed by atoms with Crippen molar-refractivity contribution in [3.05, 3.63) is 22.4 Å². The fraction of sp³-hybridized carbons (Fsp3) is 0.643. The summed E-state index contributed by atoms with van der Waals surface area (Å²) in [5, 5.41) is 9.75. The first-order chi connectivity index (χ1) is 8.66.